The van der Waals surface area contributed by atoms with Crippen molar-refractivity contribution in [3.05, 3.63) is 24.3 Å². The summed E-state index contributed by atoms with van der Waals surface area (Å²) >= 11 is 0. The third kappa shape index (κ3) is 4.84. The van der Waals surface area contributed by atoms with Gasteiger partial charge in [0.1, 0.15) is 11.7 Å². The van der Waals surface area contributed by atoms with Crippen molar-refractivity contribution in [2.45, 2.75) is 64.4 Å². The van der Waals surface area contributed by atoms with E-state index in [1.807, 2.05) is 45.9 Å². The Morgan fingerprint density at radius 1 is 1.11 bits per heavy atom. The molecule has 2 aliphatic heterocycles. The molecule has 1 fully saturated rings. The Bertz CT molecular complexity index is 692. The summed E-state index contributed by atoms with van der Waals surface area (Å²) in [6.45, 7) is 8.49. The van der Waals surface area contributed by atoms with E-state index in [-0.39, 0.29) is 24.1 Å². The largest absolute Gasteiger partial charge is 0.482 e. The molecule has 1 aromatic rings. The SMILES string of the molecule is C[C@@H]1Oc2ccccc2O[C@H]1C(=O)NC1CCN(C(=O)OC(C)(C)C)CC1. The number of hydrogen-bond donors (Lipinski definition) is 1. The van der Waals surface area contributed by atoms with E-state index in [0.717, 1.165) is 0 Å². The molecule has 2 amide bonds. The number of hydrogen-bond acceptors (Lipinski definition) is 5. The van der Waals surface area contributed by atoms with Crippen LogP contribution in [0.5, 0.6) is 11.5 Å². The summed E-state index contributed by atoms with van der Waals surface area (Å²) in [6.07, 6.45) is -0.000354. The molecule has 0 unspecified atom stereocenters. The molecule has 2 heterocycles. The van der Waals surface area contributed by atoms with E-state index in [2.05, 4.69) is 5.32 Å². The maximum absolute atomic E-state index is 12.7. The molecule has 2 aliphatic rings. The van der Waals surface area contributed by atoms with Gasteiger partial charge in [0.15, 0.2) is 11.5 Å². The lowest BCUT2D eigenvalue weighted by atomic mass is 10.0. The van der Waals surface area contributed by atoms with Gasteiger partial charge < -0.3 is 24.4 Å². The molecule has 0 aromatic heterocycles. The summed E-state index contributed by atoms with van der Waals surface area (Å²) in [5.41, 5.74) is -0.507. The second kappa shape index (κ2) is 7.66. The lowest BCUT2D eigenvalue weighted by molar-refractivity contribution is -0.134. The third-order valence-corrected chi connectivity index (χ3v) is 4.59. The van der Waals surface area contributed by atoms with Crippen LogP contribution in [-0.2, 0) is 9.53 Å². The van der Waals surface area contributed by atoms with Crippen molar-refractivity contribution in [3.63, 3.8) is 0 Å². The van der Waals surface area contributed by atoms with Crippen LogP contribution in [0.2, 0.25) is 0 Å². The van der Waals surface area contributed by atoms with Gasteiger partial charge in [-0.15, -0.1) is 0 Å². The van der Waals surface area contributed by atoms with Gasteiger partial charge in [0.05, 0.1) is 0 Å². The number of amides is 2. The van der Waals surface area contributed by atoms with Crippen molar-refractivity contribution in [2.24, 2.45) is 0 Å². The minimum Gasteiger partial charge on any atom is -0.482 e. The normalized spacial score (nSPS) is 22.9. The highest BCUT2D eigenvalue weighted by atomic mass is 16.6. The highest BCUT2D eigenvalue weighted by molar-refractivity contribution is 5.82. The predicted octanol–water partition coefficient (Wildman–Crippen LogP) is 2.73. The second-order valence-electron chi connectivity index (χ2n) is 8.06. The van der Waals surface area contributed by atoms with E-state index in [4.69, 9.17) is 14.2 Å². The Kier molecular flexibility index (Phi) is 5.48. The molecule has 7 nitrogen and oxygen atoms in total. The highest BCUT2D eigenvalue weighted by Gasteiger charge is 2.36. The first kappa shape index (κ1) is 19.3. The van der Waals surface area contributed by atoms with Crippen LogP contribution in [0.3, 0.4) is 0 Å². The number of rotatable bonds is 2. The lowest BCUT2D eigenvalue weighted by Crippen LogP contribution is -2.54. The second-order valence-corrected chi connectivity index (χ2v) is 8.06. The van der Waals surface area contributed by atoms with Crippen molar-refractivity contribution in [1.29, 1.82) is 0 Å². The number of ether oxygens (including phenoxy) is 3. The van der Waals surface area contributed by atoms with Crippen molar-refractivity contribution in [1.82, 2.24) is 10.2 Å². The number of piperidine rings is 1. The van der Waals surface area contributed by atoms with Crippen molar-refractivity contribution in [2.75, 3.05) is 13.1 Å². The van der Waals surface area contributed by atoms with Crippen LogP contribution in [0.4, 0.5) is 4.79 Å². The Morgan fingerprint density at radius 2 is 1.70 bits per heavy atom. The maximum Gasteiger partial charge on any atom is 0.410 e. The van der Waals surface area contributed by atoms with Crippen molar-refractivity contribution < 1.29 is 23.8 Å². The zero-order valence-corrected chi connectivity index (χ0v) is 16.4. The molecule has 1 N–H and O–H groups in total. The Labute approximate surface area is 160 Å². The van der Waals surface area contributed by atoms with Gasteiger partial charge in [-0.1, -0.05) is 12.1 Å². The average Bonchev–Trinajstić information content (AvgIpc) is 2.60. The summed E-state index contributed by atoms with van der Waals surface area (Å²) in [6, 6.07) is 7.34. The molecule has 0 aliphatic carbocycles. The molecule has 148 valence electrons. The van der Waals surface area contributed by atoms with E-state index < -0.39 is 11.7 Å². The van der Waals surface area contributed by atoms with Crippen LogP contribution in [0.15, 0.2) is 24.3 Å². The summed E-state index contributed by atoms with van der Waals surface area (Å²) < 4.78 is 17.0. The van der Waals surface area contributed by atoms with E-state index in [0.29, 0.717) is 37.4 Å². The molecule has 0 bridgehead atoms. The molecule has 27 heavy (non-hydrogen) atoms. The summed E-state index contributed by atoms with van der Waals surface area (Å²) in [5, 5.41) is 3.03. The van der Waals surface area contributed by atoms with Gasteiger partial charge in [-0.05, 0) is 52.7 Å². The Hall–Kier alpha value is -2.44. The van der Waals surface area contributed by atoms with Gasteiger partial charge in [0.2, 0.25) is 6.10 Å². The number of benzene rings is 1. The fraction of sp³-hybridized carbons (Fsp3) is 0.600. The highest BCUT2D eigenvalue weighted by Crippen LogP contribution is 2.33. The number of para-hydroxylation sites is 2. The summed E-state index contributed by atoms with van der Waals surface area (Å²) in [5.74, 6) is 1.04. The number of nitrogens with one attached hydrogen (secondary N) is 1. The first-order valence-electron chi connectivity index (χ1n) is 9.43. The standard InChI is InChI=1S/C20H28N2O5/c1-13-17(26-16-8-6-5-7-15(16)25-13)18(23)21-14-9-11-22(12-10-14)19(24)27-20(2,3)4/h5-8,13-14,17H,9-12H2,1-4H3,(H,21,23)/t13-,17+/m0/s1. The summed E-state index contributed by atoms with van der Waals surface area (Å²) in [4.78, 5) is 26.5. The lowest BCUT2D eigenvalue weighted by Gasteiger charge is -2.35. The van der Waals surface area contributed by atoms with Crippen LogP contribution >= 0.6 is 0 Å². The fourth-order valence-electron chi connectivity index (χ4n) is 3.22. The number of likely N-dealkylation sites (tertiary alicyclic amines) is 1. The van der Waals surface area contributed by atoms with Gasteiger partial charge in [0.25, 0.3) is 5.91 Å². The molecule has 7 heteroatoms. The molecular weight excluding hydrogens is 348 g/mol. The molecule has 0 saturated carbocycles. The van der Waals surface area contributed by atoms with Gasteiger partial charge in [-0.3, -0.25) is 4.79 Å². The first-order chi connectivity index (χ1) is 12.7. The zero-order valence-electron chi connectivity index (χ0n) is 16.4. The van der Waals surface area contributed by atoms with Crippen molar-refractivity contribution >= 4 is 12.0 Å². The first-order valence-corrected chi connectivity index (χ1v) is 9.43. The van der Waals surface area contributed by atoms with E-state index in [1.54, 1.807) is 11.0 Å². The van der Waals surface area contributed by atoms with E-state index in [9.17, 15) is 9.59 Å². The number of carbonyl (C=O) groups excluding carboxylic acids is 2. The number of nitrogens with zero attached hydrogens (tertiary/aromatic N) is 1. The third-order valence-electron chi connectivity index (χ3n) is 4.59. The van der Waals surface area contributed by atoms with Gasteiger partial charge in [-0.2, -0.15) is 0 Å². The van der Waals surface area contributed by atoms with Gasteiger partial charge in [-0.25, -0.2) is 4.79 Å². The molecule has 0 radical (unpaired) electrons. The smallest absolute Gasteiger partial charge is 0.410 e. The molecule has 0 spiro atoms. The fourth-order valence-corrected chi connectivity index (χ4v) is 3.22. The van der Waals surface area contributed by atoms with Gasteiger partial charge in [0, 0.05) is 19.1 Å². The van der Waals surface area contributed by atoms with E-state index in [1.165, 1.54) is 0 Å². The number of carbonyl (C=O) groups is 2. The van der Waals surface area contributed by atoms with Crippen LogP contribution < -0.4 is 14.8 Å². The Morgan fingerprint density at radius 3 is 2.30 bits per heavy atom. The molecular formula is C20H28N2O5. The minimum absolute atomic E-state index is 0.00385. The van der Waals surface area contributed by atoms with Gasteiger partial charge >= 0.3 is 6.09 Å². The predicted molar refractivity (Wildman–Crippen MR) is 99.9 cm³/mol. The van der Waals surface area contributed by atoms with Crippen LogP contribution in [0, 0.1) is 0 Å². The molecule has 2 atom stereocenters. The Balaban J connectivity index is 1.51. The quantitative estimate of drug-likeness (QED) is 0.859. The molecule has 1 aromatic carbocycles. The zero-order chi connectivity index (χ0) is 19.6. The number of fused-ring (bicyclic) bond motifs is 1. The minimum atomic E-state index is -0.691. The van der Waals surface area contributed by atoms with Crippen molar-refractivity contribution in [3.8, 4) is 11.5 Å². The van der Waals surface area contributed by atoms with Crippen LogP contribution in [-0.4, -0.2) is 53.8 Å². The molecule has 3 rings (SSSR count). The summed E-state index contributed by atoms with van der Waals surface area (Å²) in [7, 11) is 0. The molecule has 1 saturated heterocycles. The average molecular weight is 376 g/mol. The van der Waals surface area contributed by atoms with Crippen LogP contribution in [0.1, 0.15) is 40.5 Å². The monoisotopic (exact) mass is 376 g/mol. The maximum atomic E-state index is 12.7. The van der Waals surface area contributed by atoms with Crippen LogP contribution in [0.25, 0.3) is 0 Å². The topological polar surface area (TPSA) is 77.1 Å². The van der Waals surface area contributed by atoms with E-state index >= 15 is 0 Å².